The third-order valence-corrected chi connectivity index (χ3v) is 4.87. The van der Waals surface area contributed by atoms with Crippen LogP contribution in [-0.4, -0.2) is 12.7 Å². The highest BCUT2D eigenvalue weighted by molar-refractivity contribution is 9.10. The second kappa shape index (κ2) is 5.89. The first-order chi connectivity index (χ1) is 11.2. The molecule has 1 aliphatic heterocycles. The van der Waals surface area contributed by atoms with Gasteiger partial charge in [-0.1, -0.05) is 28.1 Å². The predicted molar refractivity (Wildman–Crippen MR) is 89.5 cm³/mol. The molecule has 1 atom stereocenters. The molecule has 0 bridgehead atoms. The first-order valence-corrected chi connectivity index (χ1v) is 8.42. The van der Waals surface area contributed by atoms with E-state index in [9.17, 15) is 4.79 Å². The Hall–Kier alpha value is -2.01. The van der Waals surface area contributed by atoms with E-state index in [0.717, 1.165) is 34.4 Å². The van der Waals surface area contributed by atoms with Gasteiger partial charge in [0, 0.05) is 16.9 Å². The minimum atomic E-state index is 0.0216. The van der Waals surface area contributed by atoms with Crippen LogP contribution in [0.1, 0.15) is 16.7 Å². The Bertz CT molecular complexity index is 775. The quantitative estimate of drug-likeness (QED) is 0.898. The zero-order chi connectivity index (χ0) is 15.8. The van der Waals surface area contributed by atoms with Crippen molar-refractivity contribution < 1.29 is 14.3 Å². The third-order valence-electron chi connectivity index (χ3n) is 4.38. The number of carbonyl (C=O) groups is 1. The topological polar surface area (TPSA) is 47.6 Å². The average molecular weight is 374 g/mol. The van der Waals surface area contributed by atoms with Crippen molar-refractivity contribution in [3.8, 4) is 11.5 Å². The van der Waals surface area contributed by atoms with Crippen molar-refractivity contribution in [3.05, 3.63) is 57.6 Å². The van der Waals surface area contributed by atoms with Crippen LogP contribution in [0, 0.1) is 5.92 Å². The maximum absolute atomic E-state index is 12.4. The number of hydrogen-bond donors (Lipinski definition) is 1. The number of halogens is 1. The second-order valence-electron chi connectivity index (χ2n) is 5.92. The molecule has 0 spiro atoms. The van der Waals surface area contributed by atoms with Crippen LogP contribution in [0.15, 0.2) is 40.9 Å². The van der Waals surface area contributed by atoms with Gasteiger partial charge in [0.1, 0.15) is 0 Å². The molecule has 2 aliphatic rings. The third kappa shape index (κ3) is 2.93. The summed E-state index contributed by atoms with van der Waals surface area (Å²) in [5.74, 6) is 1.63. The van der Waals surface area contributed by atoms with Crippen molar-refractivity contribution in [1.29, 1.82) is 0 Å². The Morgan fingerprint density at radius 3 is 2.83 bits per heavy atom. The van der Waals surface area contributed by atoms with Gasteiger partial charge in [-0.05, 0) is 53.8 Å². The van der Waals surface area contributed by atoms with E-state index in [2.05, 4.69) is 33.4 Å². The molecule has 1 N–H and O–H groups in total. The van der Waals surface area contributed by atoms with Crippen LogP contribution in [0.5, 0.6) is 11.5 Å². The predicted octanol–water partition coefficient (Wildman–Crippen LogP) is 3.21. The number of hydrogen-bond acceptors (Lipinski definition) is 3. The molecule has 1 amide bonds. The normalized spacial score (nSPS) is 17.9. The maximum Gasteiger partial charge on any atom is 0.231 e. The van der Waals surface area contributed by atoms with E-state index in [1.807, 2.05) is 24.3 Å². The summed E-state index contributed by atoms with van der Waals surface area (Å²) in [4.78, 5) is 12.4. The molecule has 0 aromatic heterocycles. The molecule has 5 heteroatoms. The number of amides is 1. The summed E-state index contributed by atoms with van der Waals surface area (Å²) in [6, 6.07) is 12.0. The summed E-state index contributed by atoms with van der Waals surface area (Å²) in [5, 5.41) is 3.03. The van der Waals surface area contributed by atoms with Crippen LogP contribution < -0.4 is 14.8 Å². The van der Waals surface area contributed by atoms with Crippen LogP contribution in [0.4, 0.5) is 0 Å². The van der Waals surface area contributed by atoms with Crippen molar-refractivity contribution in [2.24, 2.45) is 5.92 Å². The average Bonchev–Trinajstić information content (AvgIpc) is 3.17. The lowest BCUT2D eigenvalue weighted by Crippen LogP contribution is -2.30. The molecule has 1 aliphatic carbocycles. The SMILES string of the molecule is O=C(NCc1ccc2c(c1)OCO2)C1Cc2ccc(Br)cc2C1. The van der Waals surface area contributed by atoms with Crippen LogP contribution >= 0.6 is 15.9 Å². The maximum atomic E-state index is 12.4. The summed E-state index contributed by atoms with van der Waals surface area (Å²) < 4.78 is 11.7. The highest BCUT2D eigenvalue weighted by Crippen LogP contribution is 2.33. The molecule has 23 heavy (non-hydrogen) atoms. The molecular weight excluding hydrogens is 358 g/mol. The smallest absolute Gasteiger partial charge is 0.231 e. The fraction of sp³-hybridized carbons (Fsp3) is 0.278. The minimum absolute atomic E-state index is 0.0216. The lowest BCUT2D eigenvalue weighted by Gasteiger charge is -2.11. The van der Waals surface area contributed by atoms with E-state index in [-0.39, 0.29) is 18.6 Å². The van der Waals surface area contributed by atoms with Gasteiger partial charge in [-0.25, -0.2) is 0 Å². The number of carbonyl (C=O) groups excluding carboxylic acids is 1. The lowest BCUT2D eigenvalue weighted by molar-refractivity contribution is -0.124. The Balaban J connectivity index is 1.38. The van der Waals surface area contributed by atoms with Gasteiger partial charge in [0.05, 0.1) is 0 Å². The molecule has 2 aromatic rings. The summed E-state index contributed by atoms with van der Waals surface area (Å²) in [7, 11) is 0. The first-order valence-electron chi connectivity index (χ1n) is 7.62. The molecular formula is C18H16BrNO3. The molecule has 4 rings (SSSR count). The van der Waals surface area contributed by atoms with Crippen LogP contribution in [-0.2, 0) is 24.2 Å². The van der Waals surface area contributed by atoms with Crippen LogP contribution in [0.3, 0.4) is 0 Å². The van der Waals surface area contributed by atoms with E-state index in [1.165, 1.54) is 11.1 Å². The van der Waals surface area contributed by atoms with Crippen molar-refractivity contribution in [2.75, 3.05) is 6.79 Å². The van der Waals surface area contributed by atoms with Gasteiger partial charge >= 0.3 is 0 Å². The number of benzene rings is 2. The Kier molecular flexibility index (Phi) is 3.73. The molecule has 0 saturated heterocycles. The van der Waals surface area contributed by atoms with Gasteiger partial charge < -0.3 is 14.8 Å². The largest absolute Gasteiger partial charge is 0.454 e. The molecule has 0 fully saturated rings. The zero-order valence-corrected chi connectivity index (χ0v) is 14.1. The van der Waals surface area contributed by atoms with E-state index >= 15 is 0 Å². The fourth-order valence-corrected chi connectivity index (χ4v) is 3.57. The first kappa shape index (κ1) is 14.6. The molecule has 2 aromatic carbocycles. The molecule has 1 unspecified atom stereocenters. The van der Waals surface area contributed by atoms with E-state index < -0.39 is 0 Å². The highest BCUT2D eigenvalue weighted by Gasteiger charge is 2.27. The fourth-order valence-electron chi connectivity index (χ4n) is 3.16. The summed E-state index contributed by atoms with van der Waals surface area (Å²) in [5.41, 5.74) is 3.56. The van der Waals surface area contributed by atoms with Gasteiger partial charge in [-0.3, -0.25) is 4.79 Å². The lowest BCUT2D eigenvalue weighted by atomic mass is 10.1. The van der Waals surface area contributed by atoms with Crippen LogP contribution in [0.25, 0.3) is 0 Å². The minimum Gasteiger partial charge on any atom is -0.454 e. The van der Waals surface area contributed by atoms with Crippen LogP contribution in [0.2, 0.25) is 0 Å². The Morgan fingerprint density at radius 2 is 1.91 bits per heavy atom. The second-order valence-corrected chi connectivity index (χ2v) is 6.84. The van der Waals surface area contributed by atoms with Gasteiger partial charge in [-0.2, -0.15) is 0 Å². The van der Waals surface area contributed by atoms with Crippen molar-refractivity contribution in [2.45, 2.75) is 19.4 Å². The van der Waals surface area contributed by atoms with Gasteiger partial charge in [-0.15, -0.1) is 0 Å². The Labute approximate surface area is 142 Å². The standard InChI is InChI=1S/C18H16BrNO3/c19-15-3-2-12-6-14(7-13(12)8-15)18(21)20-9-11-1-4-16-17(5-11)23-10-22-16/h1-5,8,14H,6-7,9-10H2,(H,20,21). The van der Waals surface area contributed by atoms with Gasteiger partial charge in [0.25, 0.3) is 0 Å². The number of rotatable bonds is 3. The number of nitrogens with one attached hydrogen (secondary N) is 1. The summed E-state index contributed by atoms with van der Waals surface area (Å²) in [6.45, 7) is 0.771. The Morgan fingerprint density at radius 1 is 1.09 bits per heavy atom. The number of ether oxygens (including phenoxy) is 2. The number of fused-ring (bicyclic) bond motifs is 2. The van der Waals surface area contributed by atoms with Gasteiger partial charge in [0.15, 0.2) is 11.5 Å². The molecule has 0 saturated carbocycles. The molecule has 1 heterocycles. The molecule has 4 nitrogen and oxygen atoms in total. The van der Waals surface area contributed by atoms with Crippen molar-refractivity contribution in [3.63, 3.8) is 0 Å². The van der Waals surface area contributed by atoms with Crippen molar-refractivity contribution >= 4 is 21.8 Å². The summed E-state index contributed by atoms with van der Waals surface area (Å²) in [6.07, 6.45) is 1.62. The zero-order valence-electron chi connectivity index (χ0n) is 12.5. The highest BCUT2D eigenvalue weighted by atomic mass is 79.9. The monoisotopic (exact) mass is 373 g/mol. The van der Waals surface area contributed by atoms with E-state index in [4.69, 9.17) is 9.47 Å². The summed E-state index contributed by atoms with van der Waals surface area (Å²) >= 11 is 3.49. The van der Waals surface area contributed by atoms with E-state index in [1.54, 1.807) is 0 Å². The molecule has 0 radical (unpaired) electrons. The van der Waals surface area contributed by atoms with Crippen molar-refractivity contribution in [1.82, 2.24) is 5.32 Å². The molecule has 118 valence electrons. The van der Waals surface area contributed by atoms with Gasteiger partial charge in [0.2, 0.25) is 12.7 Å². The van der Waals surface area contributed by atoms with E-state index in [0.29, 0.717) is 6.54 Å².